The maximum Gasteiger partial charge on any atom is 0.0195 e. The summed E-state index contributed by atoms with van der Waals surface area (Å²) in [6, 6.07) is 0.726. The monoisotopic (exact) mass is 288 g/mol. The Labute approximate surface area is 108 Å². The van der Waals surface area contributed by atoms with Gasteiger partial charge in [0.25, 0.3) is 0 Å². The number of nitrogens with zero attached hydrogens (tertiary/aromatic N) is 2. The number of alkyl halides is 1. The lowest BCUT2D eigenvalue weighted by atomic mass is 9.70. The highest BCUT2D eigenvalue weighted by Crippen LogP contribution is 2.43. The fraction of sp³-hybridized carbons (Fsp3) is 1.00. The van der Waals surface area contributed by atoms with Gasteiger partial charge in [-0.25, -0.2) is 0 Å². The summed E-state index contributed by atoms with van der Waals surface area (Å²) < 4.78 is 0. The molecule has 1 saturated heterocycles. The molecule has 16 heavy (non-hydrogen) atoms. The standard InChI is InChI=1S/C13H25BrN2/c1-12-9-15(2)7-4-8-16(12)11-13(10-14)5-3-6-13/h12H,3-11H2,1-2H3. The first-order chi connectivity index (χ1) is 7.65. The molecular weight excluding hydrogens is 264 g/mol. The molecule has 0 bridgehead atoms. The Hall–Kier alpha value is 0.400. The molecule has 1 aliphatic heterocycles. The molecule has 1 atom stereocenters. The summed E-state index contributed by atoms with van der Waals surface area (Å²) in [4.78, 5) is 5.20. The van der Waals surface area contributed by atoms with Crippen LogP contribution in [0.15, 0.2) is 0 Å². The second-order valence-corrected chi connectivity index (χ2v) is 6.48. The van der Waals surface area contributed by atoms with E-state index in [1.54, 1.807) is 0 Å². The number of hydrogen-bond donors (Lipinski definition) is 0. The van der Waals surface area contributed by atoms with Gasteiger partial charge in [0.05, 0.1) is 0 Å². The molecular formula is C13H25BrN2. The van der Waals surface area contributed by atoms with Crippen molar-refractivity contribution >= 4 is 15.9 Å². The van der Waals surface area contributed by atoms with E-state index in [1.807, 2.05) is 0 Å². The van der Waals surface area contributed by atoms with Gasteiger partial charge >= 0.3 is 0 Å². The third-order valence-electron chi connectivity index (χ3n) is 4.42. The molecule has 1 heterocycles. The highest BCUT2D eigenvalue weighted by atomic mass is 79.9. The van der Waals surface area contributed by atoms with Gasteiger partial charge in [0.1, 0.15) is 0 Å². The first-order valence-electron chi connectivity index (χ1n) is 6.64. The van der Waals surface area contributed by atoms with Gasteiger partial charge in [-0.3, -0.25) is 4.90 Å². The normalized spacial score (nSPS) is 32.1. The number of likely N-dealkylation sites (N-methyl/N-ethyl adjacent to an activating group) is 1. The first kappa shape index (κ1) is 12.8. The summed E-state index contributed by atoms with van der Waals surface area (Å²) >= 11 is 3.72. The van der Waals surface area contributed by atoms with Gasteiger partial charge in [-0.05, 0) is 51.7 Å². The molecule has 0 amide bonds. The van der Waals surface area contributed by atoms with E-state index in [4.69, 9.17) is 0 Å². The Morgan fingerprint density at radius 3 is 2.56 bits per heavy atom. The minimum Gasteiger partial charge on any atom is -0.305 e. The lowest BCUT2D eigenvalue weighted by Gasteiger charge is -2.45. The van der Waals surface area contributed by atoms with E-state index in [-0.39, 0.29) is 0 Å². The molecule has 2 fully saturated rings. The van der Waals surface area contributed by atoms with Crippen molar-refractivity contribution in [2.45, 2.75) is 38.6 Å². The Balaban J connectivity index is 1.92. The SMILES string of the molecule is CC1CN(C)CCCN1CC1(CBr)CCC1. The average Bonchev–Trinajstić information content (AvgIpc) is 2.34. The molecule has 0 aromatic carbocycles. The summed E-state index contributed by atoms with van der Waals surface area (Å²) in [6.07, 6.45) is 5.63. The number of hydrogen-bond acceptors (Lipinski definition) is 2. The molecule has 0 aromatic heterocycles. The van der Waals surface area contributed by atoms with E-state index in [1.165, 1.54) is 57.2 Å². The van der Waals surface area contributed by atoms with E-state index in [9.17, 15) is 0 Å². The van der Waals surface area contributed by atoms with Crippen LogP contribution in [0.2, 0.25) is 0 Å². The minimum absolute atomic E-state index is 0.608. The molecule has 0 radical (unpaired) electrons. The van der Waals surface area contributed by atoms with Crippen molar-refractivity contribution in [1.29, 1.82) is 0 Å². The summed E-state index contributed by atoms with van der Waals surface area (Å²) in [5.41, 5.74) is 0.608. The van der Waals surface area contributed by atoms with Crippen molar-refractivity contribution in [2.24, 2.45) is 5.41 Å². The second kappa shape index (κ2) is 5.36. The lowest BCUT2D eigenvalue weighted by molar-refractivity contribution is 0.0703. The van der Waals surface area contributed by atoms with E-state index in [2.05, 4.69) is 39.7 Å². The average molecular weight is 289 g/mol. The van der Waals surface area contributed by atoms with E-state index < -0.39 is 0 Å². The largest absolute Gasteiger partial charge is 0.305 e. The van der Waals surface area contributed by atoms with Crippen molar-refractivity contribution in [1.82, 2.24) is 9.80 Å². The Morgan fingerprint density at radius 1 is 1.25 bits per heavy atom. The Kier molecular flexibility index (Phi) is 4.31. The van der Waals surface area contributed by atoms with Gasteiger partial charge in [0.15, 0.2) is 0 Å². The molecule has 1 unspecified atom stereocenters. The summed E-state index contributed by atoms with van der Waals surface area (Å²) in [6.45, 7) is 7.50. The Bertz CT molecular complexity index is 222. The van der Waals surface area contributed by atoms with Gasteiger partial charge < -0.3 is 4.90 Å². The van der Waals surface area contributed by atoms with Crippen LogP contribution < -0.4 is 0 Å². The zero-order chi connectivity index (χ0) is 11.6. The third-order valence-corrected chi connectivity index (χ3v) is 5.61. The van der Waals surface area contributed by atoms with E-state index in [0.717, 1.165) is 6.04 Å². The predicted molar refractivity (Wildman–Crippen MR) is 73.2 cm³/mol. The van der Waals surface area contributed by atoms with Crippen molar-refractivity contribution in [3.63, 3.8) is 0 Å². The quantitative estimate of drug-likeness (QED) is 0.737. The molecule has 2 nitrogen and oxygen atoms in total. The fourth-order valence-electron chi connectivity index (χ4n) is 3.10. The van der Waals surface area contributed by atoms with Crippen LogP contribution in [0.25, 0.3) is 0 Å². The smallest absolute Gasteiger partial charge is 0.0195 e. The highest BCUT2D eigenvalue weighted by molar-refractivity contribution is 9.09. The topological polar surface area (TPSA) is 6.48 Å². The van der Waals surface area contributed by atoms with Crippen LogP contribution >= 0.6 is 15.9 Å². The van der Waals surface area contributed by atoms with E-state index in [0.29, 0.717) is 5.41 Å². The van der Waals surface area contributed by atoms with Crippen molar-refractivity contribution in [3.8, 4) is 0 Å². The fourth-order valence-corrected chi connectivity index (χ4v) is 3.84. The van der Waals surface area contributed by atoms with Crippen molar-refractivity contribution in [2.75, 3.05) is 38.6 Å². The molecule has 0 spiro atoms. The number of halogens is 1. The summed E-state index contributed by atoms with van der Waals surface area (Å²) in [7, 11) is 2.25. The van der Waals surface area contributed by atoms with Crippen LogP contribution in [0.1, 0.15) is 32.6 Å². The minimum atomic E-state index is 0.608. The zero-order valence-electron chi connectivity index (χ0n) is 10.7. The van der Waals surface area contributed by atoms with Crippen molar-refractivity contribution < 1.29 is 0 Å². The first-order valence-corrected chi connectivity index (χ1v) is 7.76. The van der Waals surface area contributed by atoms with Crippen LogP contribution in [0.5, 0.6) is 0 Å². The zero-order valence-corrected chi connectivity index (χ0v) is 12.3. The maximum absolute atomic E-state index is 3.72. The van der Waals surface area contributed by atoms with Gasteiger partial charge in [0.2, 0.25) is 0 Å². The number of rotatable bonds is 3. The molecule has 3 heteroatoms. The molecule has 1 aliphatic carbocycles. The van der Waals surface area contributed by atoms with Crippen LogP contribution in [-0.4, -0.2) is 54.4 Å². The maximum atomic E-state index is 3.72. The molecule has 1 saturated carbocycles. The molecule has 0 aromatic rings. The van der Waals surface area contributed by atoms with Crippen LogP contribution in [0, 0.1) is 5.41 Å². The van der Waals surface area contributed by atoms with Gasteiger partial charge in [0, 0.05) is 24.5 Å². The molecule has 94 valence electrons. The second-order valence-electron chi connectivity index (χ2n) is 5.92. The van der Waals surface area contributed by atoms with Gasteiger partial charge in [-0.15, -0.1) is 0 Å². The predicted octanol–water partition coefficient (Wildman–Crippen LogP) is 2.58. The molecule has 2 aliphatic rings. The summed E-state index contributed by atoms with van der Waals surface area (Å²) in [5, 5.41) is 1.19. The van der Waals surface area contributed by atoms with E-state index >= 15 is 0 Å². The van der Waals surface area contributed by atoms with Crippen molar-refractivity contribution in [3.05, 3.63) is 0 Å². The third kappa shape index (κ3) is 2.80. The van der Waals surface area contributed by atoms with Crippen LogP contribution in [0.4, 0.5) is 0 Å². The van der Waals surface area contributed by atoms with Gasteiger partial charge in [-0.2, -0.15) is 0 Å². The Morgan fingerprint density at radius 2 is 2.00 bits per heavy atom. The summed E-state index contributed by atoms with van der Waals surface area (Å²) in [5.74, 6) is 0. The highest BCUT2D eigenvalue weighted by Gasteiger charge is 2.38. The van der Waals surface area contributed by atoms with Crippen LogP contribution in [0.3, 0.4) is 0 Å². The lowest BCUT2D eigenvalue weighted by Crippen LogP contribution is -2.48. The molecule has 0 N–H and O–H groups in total. The van der Waals surface area contributed by atoms with Crippen LogP contribution in [-0.2, 0) is 0 Å². The molecule has 2 rings (SSSR count). The van der Waals surface area contributed by atoms with Gasteiger partial charge in [-0.1, -0.05) is 22.4 Å².